The van der Waals surface area contributed by atoms with Crippen LogP contribution in [0.5, 0.6) is 5.75 Å². The van der Waals surface area contributed by atoms with E-state index in [2.05, 4.69) is 93.6 Å². The molecule has 0 heterocycles. The topological polar surface area (TPSA) is 32.3 Å². The van der Waals surface area contributed by atoms with Gasteiger partial charge in [-0.3, -0.25) is 0 Å². The average Bonchev–Trinajstić information content (AvgIpc) is 2.70. The van der Waals surface area contributed by atoms with Crippen LogP contribution in [0, 0.1) is 5.82 Å². The summed E-state index contributed by atoms with van der Waals surface area (Å²) in [5.41, 5.74) is 4.02. The highest BCUT2D eigenvalue weighted by Crippen LogP contribution is 2.51. The van der Waals surface area contributed by atoms with Gasteiger partial charge < -0.3 is 10.4 Å². The Morgan fingerprint density at radius 1 is 0.857 bits per heavy atom. The van der Waals surface area contributed by atoms with E-state index in [-0.39, 0.29) is 27.3 Å². The summed E-state index contributed by atoms with van der Waals surface area (Å²) in [7, 11) is 0.414. The maximum absolute atomic E-state index is 14.3. The number of benzene rings is 2. The number of aromatic hydroxyl groups is 1. The summed E-state index contributed by atoms with van der Waals surface area (Å²) in [6.07, 6.45) is 3.13. The summed E-state index contributed by atoms with van der Waals surface area (Å²) < 4.78 is 14.3. The summed E-state index contributed by atoms with van der Waals surface area (Å²) in [4.78, 5) is 0. The molecule has 0 saturated carbocycles. The van der Waals surface area contributed by atoms with Crippen molar-refractivity contribution in [2.45, 2.75) is 123 Å². The highest BCUT2D eigenvalue weighted by Gasteiger charge is 2.35. The van der Waals surface area contributed by atoms with Gasteiger partial charge in [0.05, 0.1) is 0 Å². The Labute approximate surface area is 216 Å². The number of hydrogen-bond acceptors (Lipinski definition) is 2. The summed E-state index contributed by atoms with van der Waals surface area (Å²) in [6.45, 7) is 24.7. The molecule has 0 aromatic heterocycles. The van der Waals surface area contributed by atoms with E-state index in [0.29, 0.717) is 20.9 Å². The molecule has 0 aliphatic carbocycles. The summed E-state index contributed by atoms with van der Waals surface area (Å²) in [5.74, 6) is 0.222. The summed E-state index contributed by atoms with van der Waals surface area (Å²) in [5, 5.41) is 16.1. The van der Waals surface area contributed by atoms with Crippen molar-refractivity contribution in [3.05, 3.63) is 58.4 Å². The molecule has 2 aromatic carbocycles. The van der Waals surface area contributed by atoms with Gasteiger partial charge in [0.15, 0.2) is 0 Å². The van der Waals surface area contributed by atoms with Crippen LogP contribution in [0.4, 0.5) is 4.39 Å². The second kappa shape index (κ2) is 10.9. The van der Waals surface area contributed by atoms with Gasteiger partial charge in [-0.1, -0.05) is 95.0 Å². The Kier molecular flexibility index (Phi) is 9.27. The van der Waals surface area contributed by atoms with Crippen LogP contribution in [0.15, 0.2) is 30.3 Å². The zero-order valence-electron chi connectivity index (χ0n) is 24.0. The second-order valence-electron chi connectivity index (χ2n) is 13.4. The molecule has 0 saturated heterocycles. The SMILES string of the molecule is CCCCC(C)(Pc1ccc(F)cc1CNC(C)(C)C)c1cc(C(C)(C)C)cc(C(C)(C)C)c1O. The number of phenols is 1. The zero-order chi connectivity index (χ0) is 26.8. The lowest BCUT2D eigenvalue weighted by atomic mass is 9.77. The van der Waals surface area contributed by atoms with Crippen LogP contribution in [-0.4, -0.2) is 10.6 Å². The largest absolute Gasteiger partial charge is 0.507 e. The maximum Gasteiger partial charge on any atom is 0.123 e. The molecule has 0 aliphatic rings. The first-order chi connectivity index (χ1) is 15.9. The third kappa shape index (κ3) is 8.02. The number of hydrogen-bond donors (Lipinski definition) is 2. The van der Waals surface area contributed by atoms with Crippen LogP contribution in [0.25, 0.3) is 0 Å². The molecule has 2 aromatic rings. The van der Waals surface area contributed by atoms with E-state index in [0.717, 1.165) is 36.0 Å². The van der Waals surface area contributed by atoms with Crippen LogP contribution in [0.1, 0.15) is 118 Å². The number of unbranched alkanes of at least 4 members (excludes halogenated alkanes) is 1. The molecule has 2 unspecified atom stereocenters. The molecule has 35 heavy (non-hydrogen) atoms. The predicted octanol–water partition coefficient (Wildman–Crippen LogP) is 8.42. The lowest BCUT2D eigenvalue weighted by Crippen LogP contribution is -2.36. The zero-order valence-corrected chi connectivity index (χ0v) is 25.0. The number of halogens is 1. The Morgan fingerprint density at radius 3 is 1.97 bits per heavy atom. The highest BCUT2D eigenvalue weighted by atomic mass is 31.1. The van der Waals surface area contributed by atoms with Crippen molar-refractivity contribution >= 4 is 13.9 Å². The van der Waals surface area contributed by atoms with Crippen LogP contribution in [0.3, 0.4) is 0 Å². The van der Waals surface area contributed by atoms with Gasteiger partial charge in [0, 0.05) is 22.8 Å². The van der Waals surface area contributed by atoms with E-state index in [1.54, 1.807) is 12.1 Å². The fourth-order valence-electron chi connectivity index (χ4n) is 4.34. The Bertz CT molecular complexity index is 1010. The predicted molar refractivity (Wildman–Crippen MR) is 153 cm³/mol. The van der Waals surface area contributed by atoms with Crippen molar-refractivity contribution in [2.75, 3.05) is 0 Å². The number of phenolic OH excluding ortho intramolecular Hbond substituents is 1. The molecule has 2 nitrogen and oxygen atoms in total. The quantitative estimate of drug-likeness (QED) is 0.356. The van der Waals surface area contributed by atoms with Crippen molar-refractivity contribution in [3.63, 3.8) is 0 Å². The van der Waals surface area contributed by atoms with Crippen molar-refractivity contribution in [1.82, 2.24) is 5.32 Å². The monoisotopic (exact) mass is 501 g/mol. The second-order valence-corrected chi connectivity index (χ2v) is 15.3. The van der Waals surface area contributed by atoms with Crippen LogP contribution < -0.4 is 10.6 Å². The van der Waals surface area contributed by atoms with Gasteiger partial charge in [-0.05, 0) is 72.1 Å². The lowest BCUT2D eigenvalue weighted by Gasteiger charge is -2.36. The van der Waals surface area contributed by atoms with Gasteiger partial charge in [0.2, 0.25) is 0 Å². The Morgan fingerprint density at radius 2 is 1.46 bits per heavy atom. The van der Waals surface area contributed by atoms with Gasteiger partial charge in [0.25, 0.3) is 0 Å². The lowest BCUT2D eigenvalue weighted by molar-refractivity contribution is 0.424. The average molecular weight is 502 g/mol. The maximum atomic E-state index is 14.3. The standard InChI is InChI=1S/C31H49FNOP/c1-12-13-16-31(11,35-26-15-14-23(32)17-21(26)20-33-30(8,9)10)25-19-22(28(2,3)4)18-24(27(25)34)29(5,6)7/h14-15,17-19,33-35H,12-13,16,20H2,1-11H3. The van der Waals surface area contributed by atoms with Crippen LogP contribution >= 0.6 is 8.58 Å². The molecule has 196 valence electrons. The fraction of sp³-hybridized carbons (Fsp3) is 0.613. The minimum Gasteiger partial charge on any atom is -0.507 e. The molecule has 0 bridgehead atoms. The summed E-state index contributed by atoms with van der Waals surface area (Å²) >= 11 is 0. The van der Waals surface area contributed by atoms with Gasteiger partial charge in [-0.2, -0.15) is 0 Å². The minimum atomic E-state index is -0.254. The molecule has 0 fully saturated rings. The highest BCUT2D eigenvalue weighted by molar-refractivity contribution is 7.48. The van der Waals surface area contributed by atoms with E-state index in [4.69, 9.17) is 0 Å². The third-order valence-corrected chi connectivity index (χ3v) is 8.52. The van der Waals surface area contributed by atoms with Crippen LogP contribution in [0.2, 0.25) is 0 Å². The van der Waals surface area contributed by atoms with E-state index in [1.807, 2.05) is 6.07 Å². The molecule has 2 rings (SSSR count). The molecule has 2 N–H and O–H groups in total. The number of nitrogens with one attached hydrogen (secondary N) is 1. The minimum absolute atomic E-state index is 0.0328. The van der Waals surface area contributed by atoms with Gasteiger partial charge >= 0.3 is 0 Å². The fourth-order valence-corrected chi connectivity index (χ4v) is 6.05. The van der Waals surface area contributed by atoms with E-state index >= 15 is 0 Å². The molecule has 0 spiro atoms. The van der Waals surface area contributed by atoms with E-state index < -0.39 is 0 Å². The molecule has 0 radical (unpaired) electrons. The smallest absolute Gasteiger partial charge is 0.123 e. The van der Waals surface area contributed by atoms with Crippen molar-refractivity contribution in [2.24, 2.45) is 0 Å². The van der Waals surface area contributed by atoms with Crippen molar-refractivity contribution < 1.29 is 9.50 Å². The molecule has 0 amide bonds. The number of rotatable bonds is 8. The summed E-state index contributed by atoms with van der Waals surface area (Å²) in [6, 6.07) is 9.64. The Balaban J connectivity index is 2.70. The first-order valence-corrected chi connectivity index (χ1v) is 14.1. The van der Waals surface area contributed by atoms with E-state index in [1.165, 1.54) is 10.9 Å². The molecule has 2 atom stereocenters. The van der Waals surface area contributed by atoms with Gasteiger partial charge in [-0.15, -0.1) is 0 Å². The molecular weight excluding hydrogens is 452 g/mol. The van der Waals surface area contributed by atoms with Crippen molar-refractivity contribution in [3.8, 4) is 5.75 Å². The molecule has 4 heteroatoms. The van der Waals surface area contributed by atoms with Crippen molar-refractivity contribution in [1.29, 1.82) is 0 Å². The molecule has 0 aliphatic heterocycles. The first-order valence-electron chi connectivity index (χ1n) is 13.1. The molecular formula is C31H49FNOP. The third-order valence-electron chi connectivity index (χ3n) is 6.70. The normalized spacial score (nSPS) is 15.1. The van der Waals surface area contributed by atoms with Gasteiger partial charge in [-0.25, -0.2) is 4.39 Å². The van der Waals surface area contributed by atoms with E-state index in [9.17, 15) is 9.50 Å². The first kappa shape index (κ1) is 29.8. The Hall–Kier alpha value is -1.44. The van der Waals surface area contributed by atoms with Gasteiger partial charge in [0.1, 0.15) is 11.6 Å². The van der Waals surface area contributed by atoms with Crippen LogP contribution in [-0.2, 0) is 22.5 Å².